The number of nitrogens with zero attached hydrogens (tertiary/aromatic N) is 5. The van der Waals surface area contributed by atoms with Crippen LogP contribution in [0.2, 0.25) is 0 Å². The zero-order valence-corrected chi connectivity index (χ0v) is 21.8. The fourth-order valence-electron chi connectivity index (χ4n) is 4.50. The third-order valence-electron chi connectivity index (χ3n) is 6.34. The van der Waals surface area contributed by atoms with Crippen molar-refractivity contribution in [1.29, 1.82) is 5.41 Å². The molecule has 11 heteroatoms. The molecule has 1 aromatic heterocycles. The number of thioether (sulfide) groups is 1. The van der Waals surface area contributed by atoms with Crippen molar-refractivity contribution in [3.63, 3.8) is 0 Å². The van der Waals surface area contributed by atoms with Crippen LogP contribution in [0.3, 0.4) is 0 Å². The summed E-state index contributed by atoms with van der Waals surface area (Å²) in [5.41, 5.74) is 3.87. The molecule has 0 saturated carbocycles. The Morgan fingerprint density at radius 3 is 2.65 bits per heavy atom. The molecule has 3 aliphatic rings. The molecule has 3 aliphatic heterocycles. The van der Waals surface area contributed by atoms with Crippen molar-refractivity contribution in [1.82, 2.24) is 14.5 Å². The lowest BCUT2D eigenvalue weighted by Gasteiger charge is -2.26. The Morgan fingerprint density at radius 1 is 1.22 bits per heavy atom. The van der Waals surface area contributed by atoms with Gasteiger partial charge in [-0.15, -0.1) is 0 Å². The summed E-state index contributed by atoms with van der Waals surface area (Å²) in [4.78, 5) is 31.4. The quantitative estimate of drug-likeness (QED) is 0.585. The number of hydrazone groups is 1. The number of aryl methyl sites for hydroxylation is 1. The number of hydrogen-bond donors (Lipinski definition) is 1. The molecule has 2 amide bonds. The van der Waals surface area contributed by atoms with Gasteiger partial charge in [0.15, 0.2) is 5.84 Å². The molecule has 5 rings (SSSR count). The summed E-state index contributed by atoms with van der Waals surface area (Å²) >= 11 is 1.16. The summed E-state index contributed by atoms with van der Waals surface area (Å²) < 4.78 is 12.9. The predicted octanol–water partition coefficient (Wildman–Crippen LogP) is 3.36. The molecular weight excluding hydrogens is 492 g/mol. The van der Waals surface area contributed by atoms with E-state index in [2.05, 4.69) is 14.7 Å². The molecule has 2 aromatic rings. The number of carbonyl (C=O) groups is 2. The Balaban J connectivity index is 1.37. The standard InChI is InChI=1S/C26H28N6O4S/c1-4-36-20-7-5-19(6-8-20)31-16(2)13-18(17(31)3)14-21-24(27)32-26(28-25(21)34)37-22(29-32)15-23(33)30-9-11-35-12-10-30/h5-8,13-14,27H,4,9-12,15H2,1-3H3. The lowest BCUT2D eigenvalue weighted by Crippen LogP contribution is -2.41. The van der Waals surface area contributed by atoms with Crippen LogP contribution in [0.25, 0.3) is 11.8 Å². The number of aromatic nitrogens is 1. The van der Waals surface area contributed by atoms with E-state index in [-0.39, 0.29) is 23.7 Å². The summed E-state index contributed by atoms with van der Waals surface area (Å²) in [6.07, 6.45) is 1.79. The first kappa shape index (κ1) is 25.0. The Kier molecular flexibility index (Phi) is 6.98. The number of benzene rings is 1. The number of ether oxygens (including phenoxy) is 2. The topological polar surface area (TPSA) is 113 Å². The van der Waals surface area contributed by atoms with Gasteiger partial charge >= 0.3 is 0 Å². The van der Waals surface area contributed by atoms with E-state index < -0.39 is 5.91 Å². The minimum Gasteiger partial charge on any atom is -0.494 e. The van der Waals surface area contributed by atoms with Gasteiger partial charge in [-0.1, -0.05) is 0 Å². The van der Waals surface area contributed by atoms with Crippen molar-refractivity contribution >= 4 is 45.7 Å². The van der Waals surface area contributed by atoms with Crippen molar-refractivity contribution in [2.75, 3.05) is 32.9 Å². The number of nitrogens with one attached hydrogen (secondary N) is 1. The number of rotatable bonds is 6. The van der Waals surface area contributed by atoms with E-state index in [9.17, 15) is 9.59 Å². The van der Waals surface area contributed by atoms with Crippen molar-refractivity contribution in [3.8, 4) is 11.4 Å². The average molecular weight is 521 g/mol. The molecule has 1 fully saturated rings. The molecule has 0 bridgehead atoms. The Morgan fingerprint density at radius 2 is 1.95 bits per heavy atom. The Bertz CT molecular complexity index is 1350. The van der Waals surface area contributed by atoms with E-state index in [1.54, 1.807) is 11.0 Å². The second kappa shape index (κ2) is 10.3. The van der Waals surface area contributed by atoms with Crippen LogP contribution in [0.4, 0.5) is 0 Å². The summed E-state index contributed by atoms with van der Waals surface area (Å²) in [6, 6.07) is 9.81. The first-order valence-electron chi connectivity index (χ1n) is 12.1. The summed E-state index contributed by atoms with van der Waals surface area (Å²) in [5.74, 6) is 0.208. The molecule has 0 unspecified atom stereocenters. The highest BCUT2D eigenvalue weighted by Crippen LogP contribution is 2.31. The number of morpholine rings is 1. The molecule has 0 radical (unpaired) electrons. The van der Waals surface area contributed by atoms with E-state index >= 15 is 0 Å². The first-order valence-corrected chi connectivity index (χ1v) is 12.9. The van der Waals surface area contributed by atoms with Gasteiger partial charge in [0.2, 0.25) is 11.1 Å². The highest BCUT2D eigenvalue weighted by molar-refractivity contribution is 8.27. The van der Waals surface area contributed by atoms with Crippen molar-refractivity contribution in [2.45, 2.75) is 27.2 Å². The van der Waals surface area contributed by atoms with E-state index in [0.29, 0.717) is 43.1 Å². The lowest BCUT2D eigenvalue weighted by molar-refractivity contribution is -0.133. The van der Waals surface area contributed by atoms with Crippen LogP contribution in [0.1, 0.15) is 30.3 Å². The average Bonchev–Trinajstić information content (AvgIpc) is 3.42. The second-order valence-corrected chi connectivity index (χ2v) is 9.81. The smallest absolute Gasteiger partial charge is 0.283 e. The van der Waals surface area contributed by atoms with Crippen LogP contribution in [-0.4, -0.2) is 75.2 Å². The molecule has 192 valence electrons. The van der Waals surface area contributed by atoms with E-state index in [4.69, 9.17) is 14.9 Å². The van der Waals surface area contributed by atoms with Crippen LogP contribution in [0.5, 0.6) is 5.75 Å². The van der Waals surface area contributed by atoms with Gasteiger partial charge in [-0.25, -0.2) is 0 Å². The number of hydrogen-bond acceptors (Lipinski definition) is 7. The molecule has 37 heavy (non-hydrogen) atoms. The van der Waals surface area contributed by atoms with E-state index in [1.807, 2.05) is 51.1 Å². The maximum Gasteiger partial charge on any atom is 0.283 e. The zero-order chi connectivity index (χ0) is 26.1. The summed E-state index contributed by atoms with van der Waals surface area (Å²) in [6.45, 7) is 8.68. The SMILES string of the molecule is CCOc1ccc(-n2c(C)cc(C=C3C(=N)N4N=C(CC(=O)N5CCOCC5)SC4=NC3=O)c2C)cc1. The maximum absolute atomic E-state index is 12.9. The summed E-state index contributed by atoms with van der Waals surface area (Å²) in [5, 5.41) is 15.3. The molecule has 1 saturated heterocycles. The highest BCUT2D eigenvalue weighted by atomic mass is 32.2. The third kappa shape index (κ3) is 4.96. The monoisotopic (exact) mass is 520 g/mol. The van der Waals surface area contributed by atoms with Gasteiger partial charge in [0.05, 0.1) is 31.8 Å². The number of fused-ring (bicyclic) bond motifs is 1. The van der Waals surface area contributed by atoms with Gasteiger partial charge in [-0.3, -0.25) is 15.0 Å². The van der Waals surface area contributed by atoms with E-state index in [1.165, 1.54) is 5.01 Å². The molecule has 0 spiro atoms. The van der Waals surface area contributed by atoms with Crippen LogP contribution in [0.15, 0.2) is 46.0 Å². The normalized spacial score (nSPS) is 18.7. The number of amides is 2. The fourth-order valence-corrected chi connectivity index (χ4v) is 5.38. The summed E-state index contributed by atoms with van der Waals surface area (Å²) in [7, 11) is 0. The Labute approximate surface area is 219 Å². The molecule has 1 aromatic carbocycles. The molecular formula is C26H28N6O4S. The van der Waals surface area contributed by atoms with E-state index in [0.717, 1.165) is 40.2 Å². The van der Waals surface area contributed by atoms with Gasteiger partial charge in [0.25, 0.3) is 5.91 Å². The van der Waals surface area contributed by atoms with Crippen molar-refractivity contribution < 1.29 is 19.1 Å². The predicted molar refractivity (Wildman–Crippen MR) is 143 cm³/mol. The molecule has 10 nitrogen and oxygen atoms in total. The largest absolute Gasteiger partial charge is 0.494 e. The molecule has 4 heterocycles. The van der Waals surface area contributed by atoms with Gasteiger partial charge in [0.1, 0.15) is 10.8 Å². The minimum atomic E-state index is -0.495. The number of aliphatic imine (C=N–C) groups is 1. The fraction of sp³-hybridized carbons (Fsp3) is 0.346. The van der Waals surface area contributed by atoms with Gasteiger partial charge in [0, 0.05) is 30.2 Å². The minimum absolute atomic E-state index is 0.0506. The molecule has 0 atom stereocenters. The third-order valence-corrected chi connectivity index (χ3v) is 7.25. The first-order chi connectivity index (χ1) is 17.9. The van der Waals surface area contributed by atoms with Crippen LogP contribution in [-0.2, 0) is 14.3 Å². The lowest BCUT2D eigenvalue weighted by atomic mass is 10.1. The van der Waals surface area contributed by atoms with Gasteiger partial charge in [-0.05, 0) is 74.5 Å². The number of carbonyl (C=O) groups excluding carboxylic acids is 2. The zero-order valence-electron chi connectivity index (χ0n) is 21.0. The van der Waals surface area contributed by atoms with Crippen LogP contribution < -0.4 is 4.74 Å². The Hall–Kier alpha value is -3.70. The highest BCUT2D eigenvalue weighted by Gasteiger charge is 2.36. The van der Waals surface area contributed by atoms with Crippen molar-refractivity contribution in [3.05, 3.63) is 52.9 Å². The number of amidine groups is 2. The van der Waals surface area contributed by atoms with Crippen LogP contribution >= 0.6 is 11.8 Å². The molecule has 0 aliphatic carbocycles. The van der Waals surface area contributed by atoms with Crippen molar-refractivity contribution in [2.24, 2.45) is 10.1 Å². The maximum atomic E-state index is 12.9. The molecule has 1 N–H and O–H groups in total. The van der Waals surface area contributed by atoms with Gasteiger partial charge < -0.3 is 18.9 Å². The second-order valence-electron chi connectivity index (χ2n) is 8.77. The van der Waals surface area contributed by atoms with Gasteiger partial charge in [-0.2, -0.15) is 15.1 Å². The van der Waals surface area contributed by atoms with Crippen LogP contribution in [0, 0.1) is 19.3 Å².